The summed E-state index contributed by atoms with van der Waals surface area (Å²) in [6, 6.07) is 7.03. The van der Waals surface area contributed by atoms with Gasteiger partial charge in [-0.1, -0.05) is 0 Å². The maximum Gasteiger partial charge on any atom is 0.314 e. The number of esters is 1. The van der Waals surface area contributed by atoms with E-state index in [1.807, 2.05) is 0 Å². The maximum absolute atomic E-state index is 11.4. The number of ether oxygens (including phenoxy) is 2. The molecule has 4 nitrogen and oxygen atoms in total. The van der Waals surface area contributed by atoms with E-state index in [0.29, 0.717) is 11.4 Å². The highest BCUT2D eigenvalue weighted by molar-refractivity contribution is 5.75. The Bertz CT molecular complexity index is 357. The van der Waals surface area contributed by atoms with Gasteiger partial charge in [-0.2, -0.15) is 0 Å². The van der Waals surface area contributed by atoms with Gasteiger partial charge in [-0.25, -0.2) is 0 Å². The number of hydrogen-bond acceptors (Lipinski definition) is 4. The number of nitrogen functional groups attached to an aromatic ring is 1. The summed E-state index contributed by atoms with van der Waals surface area (Å²) < 4.78 is 10.2. The molecule has 0 atom stereocenters. The van der Waals surface area contributed by atoms with Crippen molar-refractivity contribution in [2.45, 2.75) is 13.8 Å². The van der Waals surface area contributed by atoms with Gasteiger partial charge in [0.1, 0.15) is 12.4 Å². The highest BCUT2D eigenvalue weighted by Crippen LogP contribution is 2.20. The van der Waals surface area contributed by atoms with Gasteiger partial charge in [-0.05, 0) is 38.1 Å². The molecule has 4 heteroatoms. The molecule has 16 heavy (non-hydrogen) atoms. The van der Waals surface area contributed by atoms with Crippen LogP contribution in [0.1, 0.15) is 13.8 Å². The lowest BCUT2D eigenvalue weighted by Crippen LogP contribution is -2.32. The number of anilines is 1. The number of benzene rings is 1. The van der Waals surface area contributed by atoms with Gasteiger partial charge in [0.2, 0.25) is 0 Å². The Morgan fingerprint density at radius 2 is 1.88 bits per heavy atom. The van der Waals surface area contributed by atoms with E-state index in [4.69, 9.17) is 10.5 Å². The molecule has 0 fully saturated rings. The molecule has 0 aliphatic heterocycles. The minimum Gasteiger partial charge on any atom is -0.492 e. The van der Waals surface area contributed by atoms with Crippen molar-refractivity contribution in [3.63, 3.8) is 0 Å². The molecule has 0 bridgehead atoms. The summed E-state index contributed by atoms with van der Waals surface area (Å²) >= 11 is 0. The summed E-state index contributed by atoms with van der Waals surface area (Å²) in [5.41, 5.74) is 5.57. The average molecular weight is 223 g/mol. The molecule has 88 valence electrons. The van der Waals surface area contributed by atoms with Crippen LogP contribution >= 0.6 is 0 Å². The van der Waals surface area contributed by atoms with Gasteiger partial charge in [-0.15, -0.1) is 0 Å². The topological polar surface area (TPSA) is 61.5 Å². The zero-order chi connectivity index (χ0) is 12.2. The summed E-state index contributed by atoms with van der Waals surface area (Å²) in [6.45, 7) is 3.82. The van der Waals surface area contributed by atoms with E-state index in [1.54, 1.807) is 38.1 Å². The Labute approximate surface area is 95.3 Å². The summed E-state index contributed by atoms with van der Waals surface area (Å²) in [5, 5.41) is 0. The summed E-state index contributed by atoms with van der Waals surface area (Å²) in [5.74, 6) is 0.397. The molecule has 0 saturated carbocycles. The van der Waals surface area contributed by atoms with E-state index in [2.05, 4.69) is 4.74 Å². The molecule has 0 radical (unpaired) electrons. The number of methoxy groups -OCH3 is 1. The van der Waals surface area contributed by atoms with E-state index in [1.165, 1.54) is 7.11 Å². The van der Waals surface area contributed by atoms with Gasteiger partial charge < -0.3 is 15.2 Å². The number of carbonyl (C=O) groups is 1. The van der Waals surface area contributed by atoms with Crippen LogP contribution in [-0.2, 0) is 9.53 Å². The summed E-state index contributed by atoms with van der Waals surface area (Å²) in [7, 11) is 1.37. The molecule has 0 aliphatic carbocycles. The standard InChI is InChI=1S/C12H17NO3/c1-12(2,11(14)15-3)8-16-10-6-4-9(13)5-7-10/h4-7H,8,13H2,1-3H3. The third-order valence-electron chi connectivity index (χ3n) is 2.22. The van der Waals surface area contributed by atoms with Gasteiger partial charge in [-0.3, -0.25) is 4.79 Å². The maximum atomic E-state index is 11.4. The zero-order valence-corrected chi connectivity index (χ0v) is 9.82. The van der Waals surface area contributed by atoms with Crippen LogP contribution in [0.25, 0.3) is 0 Å². The lowest BCUT2D eigenvalue weighted by Gasteiger charge is -2.21. The highest BCUT2D eigenvalue weighted by Gasteiger charge is 2.29. The second-order valence-corrected chi connectivity index (χ2v) is 4.23. The summed E-state index contributed by atoms with van der Waals surface area (Å²) in [6.07, 6.45) is 0. The Balaban J connectivity index is 2.57. The smallest absolute Gasteiger partial charge is 0.314 e. The molecular formula is C12H17NO3. The van der Waals surface area contributed by atoms with Crippen LogP contribution in [0.15, 0.2) is 24.3 Å². The SMILES string of the molecule is COC(=O)C(C)(C)COc1ccc(N)cc1. The van der Waals surface area contributed by atoms with E-state index in [9.17, 15) is 4.79 Å². The second kappa shape index (κ2) is 4.88. The minimum atomic E-state index is -0.657. The Morgan fingerprint density at radius 3 is 2.38 bits per heavy atom. The van der Waals surface area contributed by atoms with E-state index in [-0.39, 0.29) is 12.6 Å². The number of rotatable bonds is 4. The Kier molecular flexibility index (Phi) is 3.77. The van der Waals surface area contributed by atoms with Crippen molar-refractivity contribution in [2.75, 3.05) is 19.5 Å². The number of nitrogens with two attached hydrogens (primary N) is 1. The third kappa shape index (κ3) is 3.15. The van der Waals surface area contributed by atoms with Gasteiger partial charge in [0.25, 0.3) is 0 Å². The Morgan fingerprint density at radius 1 is 1.31 bits per heavy atom. The molecule has 0 spiro atoms. The molecule has 2 N–H and O–H groups in total. The molecule has 0 saturated heterocycles. The Hall–Kier alpha value is -1.71. The second-order valence-electron chi connectivity index (χ2n) is 4.23. The first-order valence-electron chi connectivity index (χ1n) is 5.02. The predicted octanol–water partition coefficient (Wildman–Crippen LogP) is 1.85. The molecule has 1 aromatic rings. The normalized spacial score (nSPS) is 10.9. The molecular weight excluding hydrogens is 206 g/mol. The van der Waals surface area contributed by atoms with Gasteiger partial charge in [0.05, 0.1) is 12.5 Å². The molecule has 0 unspecified atom stereocenters. The van der Waals surface area contributed by atoms with Crippen LogP contribution in [0.4, 0.5) is 5.69 Å². The van der Waals surface area contributed by atoms with Crippen molar-refractivity contribution in [1.29, 1.82) is 0 Å². The fourth-order valence-electron chi connectivity index (χ4n) is 1.16. The highest BCUT2D eigenvalue weighted by atomic mass is 16.5. The average Bonchev–Trinajstić information content (AvgIpc) is 2.27. The van der Waals surface area contributed by atoms with Crippen molar-refractivity contribution in [3.05, 3.63) is 24.3 Å². The zero-order valence-electron chi connectivity index (χ0n) is 9.82. The fourth-order valence-corrected chi connectivity index (χ4v) is 1.16. The van der Waals surface area contributed by atoms with Crippen LogP contribution in [0.2, 0.25) is 0 Å². The van der Waals surface area contributed by atoms with Crippen molar-refractivity contribution in [2.24, 2.45) is 5.41 Å². The predicted molar refractivity (Wildman–Crippen MR) is 62.1 cm³/mol. The van der Waals surface area contributed by atoms with Crippen molar-refractivity contribution < 1.29 is 14.3 Å². The quantitative estimate of drug-likeness (QED) is 0.625. The van der Waals surface area contributed by atoms with Gasteiger partial charge in [0.15, 0.2) is 0 Å². The molecule has 0 aliphatic rings. The molecule has 0 heterocycles. The van der Waals surface area contributed by atoms with Crippen LogP contribution in [0, 0.1) is 5.41 Å². The number of carbonyl (C=O) groups excluding carboxylic acids is 1. The van der Waals surface area contributed by atoms with Crippen LogP contribution in [-0.4, -0.2) is 19.7 Å². The first-order chi connectivity index (χ1) is 7.45. The van der Waals surface area contributed by atoms with Crippen LogP contribution in [0.3, 0.4) is 0 Å². The number of hydrogen-bond donors (Lipinski definition) is 1. The van der Waals surface area contributed by atoms with Crippen molar-refractivity contribution >= 4 is 11.7 Å². The molecule has 1 rings (SSSR count). The lowest BCUT2D eigenvalue weighted by molar-refractivity contribution is -0.152. The molecule has 0 aromatic heterocycles. The van der Waals surface area contributed by atoms with E-state index in [0.717, 1.165) is 0 Å². The van der Waals surface area contributed by atoms with Crippen LogP contribution < -0.4 is 10.5 Å². The largest absolute Gasteiger partial charge is 0.492 e. The monoisotopic (exact) mass is 223 g/mol. The van der Waals surface area contributed by atoms with Crippen molar-refractivity contribution in [3.8, 4) is 5.75 Å². The molecule has 0 amide bonds. The first-order valence-corrected chi connectivity index (χ1v) is 5.02. The van der Waals surface area contributed by atoms with E-state index < -0.39 is 5.41 Å². The summed E-state index contributed by atoms with van der Waals surface area (Å²) in [4.78, 5) is 11.4. The van der Waals surface area contributed by atoms with E-state index >= 15 is 0 Å². The molecule has 1 aromatic carbocycles. The first kappa shape index (κ1) is 12.4. The van der Waals surface area contributed by atoms with Gasteiger partial charge >= 0.3 is 5.97 Å². The minimum absolute atomic E-state index is 0.267. The van der Waals surface area contributed by atoms with Crippen LogP contribution in [0.5, 0.6) is 5.75 Å². The van der Waals surface area contributed by atoms with Gasteiger partial charge in [0, 0.05) is 5.69 Å². The lowest BCUT2D eigenvalue weighted by atomic mass is 9.95. The third-order valence-corrected chi connectivity index (χ3v) is 2.22. The van der Waals surface area contributed by atoms with Crippen molar-refractivity contribution in [1.82, 2.24) is 0 Å². The fraction of sp³-hybridized carbons (Fsp3) is 0.417.